The summed E-state index contributed by atoms with van der Waals surface area (Å²) >= 11 is 0. The minimum atomic E-state index is -0.980. The zero-order valence-corrected chi connectivity index (χ0v) is 19.9. The maximum atomic E-state index is 14.4. The predicted octanol–water partition coefficient (Wildman–Crippen LogP) is 4.19. The summed E-state index contributed by atoms with van der Waals surface area (Å²) in [5, 5.41) is 11.2. The highest BCUT2D eigenvalue weighted by Gasteiger charge is 2.38. The molecule has 2 aromatic carbocycles. The zero-order chi connectivity index (χ0) is 25.7. The lowest BCUT2D eigenvalue weighted by molar-refractivity contribution is -0.385. The van der Waals surface area contributed by atoms with Crippen molar-refractivity contribution >= 4 is 17.7 Å². The molecule has 0 spiro atoms. The molecule has 10 nitrogen and oxygen atoms in total. The highest BCUT2D eigenvalue weighted by molar-refractivity contribution is 5.84. The number of nitro benzene ring substituents is 1. The van der Waals surface area contributed by atoms with Crippen molar-refractivity contribution in [1.82, 2.24) is 4.90 Å². The molecule has 0 aromatic heterocycles. The van der Waals surface area contributed by atoms with Crippen molar-refractivity contribution in [2.24, 2.45) is 5.92 Å². The maximum Gasteiger partial charge on any atom is 0.410 e. The van der Waals surface area contributed by atoms with Crippen LogP contribution in [-0.4, -0.2) is 49.3 Å². The van der Waals surface area contributed by atoms with Gasteiger partial charge in [0.25, 0.3) is 0 Å². The van der Waals surface area contributed by atoms with E-state index in [4.69, 9.17) is 18.9 Å². The van der Waals surface area contributed by atoms with E-state index in [1.807, 2.05) is 13.8 Å². The number of fused-ring (bicyclic) bond motifs is 1. The van der Waals surface area contributed by atoms with Gasteiger partial charge in [0.2, 0.25) is 5.75 Å². The molecule has 0 bridgehead atoms. The smallest absolute Gasteiger partial charge is 0.410 e. The Bertz CT molecular complexity index is 1120. The van der Waals surface area contributed by atoms with Crippen LogP contribution in [-0.2, 0) is 27.3 Å². The van der Waals surface area contributed by atoms with Crippen molar-refractivity contribution in [3.8, 4) is 11.5 Å². The monoisotopic (exact) mass is 490 g/mol. The minimum absolute atomic E-state index is 0.0917. The molecular formula is C24H27FN2O8. The molecule has 35 heavy (non-hydrogen) atoms. The molecule has 0 radical (unpaired) electrons. The molecule has 0 saturated heterocycles. The van der Waals surface area contributed by atoms with E-state index in [0.717, 1.165) is 17.7 Å². The highest BCUT2D eigenvalue weighted by Crippen LogP contribution is 2.36. The molecule has 0 aliphatic carbocycles. The number of hydrogen-bond donors (Lipinski definition) is 0. The second kappa shape index (κ2) is 11.0. The van der Waals surface area contributed by atoms with Crippen LogP contribution < -0.4 is 9.47 Å². The van der Waals surface area contributed by atoms with Crippen molar-refractivity contribution in [3.63, 3.8) is 0 Å². The molecule has 0 fully saturated rings. The molecule has 1 amide bonds. The van der Waals surface area contributed by atoms with E-state index >= 15 is 0 Å². The van der Waals surface area contributed by atoms with Crippen LogP contribution in [0.15, 0.2) is 30.3 Å². The molecule has 2 aromatic rings. The fourth-order valence-electron chi connectivity index (χ4n) is 3.83. The van der Waals surface area contributed by atoms with Crippen LogP contribution in [0, 0.1) is 21.8 Å². The number of amides is 1. The van der Waals surface area contributed by atoms with Crippen LogP contribution in [0.4, 0.5) is 14.9 Å². The molecule has 3 rings (SSSR count). The number of nitro groups is 1. The van der Waals surface area contributed by atoms with E-state index in [0.29, 0.717) is 17.7 Å². The van der Waals surface area contributed by atoms with Crippen molar-refractivity contribution in [1.29, 1.82) is 0 Å². The number of hydrogen-bond acceptors (Lipinski definition) is 8. The quantitative estimate of drug-likeness (QED) is 0.307. The normalized spacial score (nSPS) is 14.8. The predicted molar refractivity (Wildman–Crippen MR) is 122 cm³/mol. The van der Waals surface area contributed by atoms with Crippen molar-refractivity contribution < 1.29 is 37.9 Å². The van der Waals surface area contributed by atoms with Crippen LogP contribution in [0.25, 0.3) is 0 Å². The van der Waals surface area contributed by atoms with E-state index in [1.54, 1.807) is 18.2 Å². The molecule has 188 valence electrons. The highest BCUT2D eigenvalue weighted by atomic mass is 19.1. The Morgan fingerprint density at radius 3 is 2.60 bits per heavy atom. The van der Waals surface area contributed by atoms with Crippen LogP contribution in [0.1, 0.15) is 36.6 Å². The van der Waals surface area contributed by atoms with Gasteiger partial charge in [0.05, 0.1) is 31.3 Å². The number of benzene rings is 2. The lowest BCUT2D eigenvalue weighted by atomic mass is 9.92. The molecule has 1 heterocycles. The summed E-state index contributed by atoms with van der Waals surface area (Å²) in [5.41, 5.74) is 0.850. The summed E-state index contributed by atoms with van der Waals surface area (Å²) in [4.78, 5) is 37.1. The van der Waals surface area contributed by atoms with Crippen LogP contribution in [0.2, 0.25) is 0 Å². The first kappa shape index (κ1) is 25.7. The van der Waals surface area contributed by atoms with Crippen molar-refractivity contribution in [3.05, 3.63) is 63.0 Å². The van der Waals surface area contributed by atoms with Gasteiger partial charge in [-0.1, -0.05) is 19.9 Å². The van der Waals surface area contributed by atoms with Crippen LogP contribution in [0.5, 0.6) is 11.5 Å². The number of carbonyl (C=O) groups excluding carboxylic acids is 2. The summed E-state index contributed by atoms with van der Waals surface area (Å²) in [5.74, 6) is -1.02. The number of halogens is 1. The van der Waals surface area contributed by atoms with E-state index in [1.165, 1.54) is 19.1 Å². The van der Waals surface area contributed by atoms with E-state index in [-0.39, 0.29) is 42.7 Å². The third kappa shape index (κ3) is 5.61. The third-order valence-corrected chi connectivity index (χ3v) is 5.51. The largest absolute Gasteiger partial charge is 0.490 e. The first-order valence-corrected chi connectivity index (χ1v) is 10.9. The summed E-state index contributed by atoms with van der Waals surface area (Å²) in [6.45, 7) is 3.95. The molecule has 1 aliphatic rings. The molecule has 11 heteroatoms. The van der Waals surface area contributed by atoms with Gasteiger partial charge in [-0.15, -0.1) is 0 Å². The van der Waals surface area contributed by atoms with Gasteiger partial charge in [0.1, 0.15) is 18.2 Å². The first-order chi connectivity index (χ1) is 16.7. The minimum Gasteiger partial charge on any atom is -0.490 e. The Balaban J connectivity index is 1.84. The second-order valence-electron chi connectivity index (χ2n) is 8.32. The molecule has 0 saturated carbocycles. The molecule has 1 atom stereocenters. The zero-order valence-electron chi connectivity index (χ0n) is 19.9. The number of ether oxygens (including phenoxy) is 4. The van der Waals surface area contributed by atoms with E-state index in [2.05, 4.69) is 0 Å². The molecule has 1 unspecified atom stereocenters. The standard InChI is InChI=1S/C24H27FN2O8/c1-14(2)12-35-24(29)26-10-9-15-11-16(5-6-17(15)21(26)23(28)33-4)34-13-18-19(25)7-8-20(27(30)31)22(18)32-3/h5-8,11,14,21H,9-10,12-13H2,1-4H3. The number of carbonyl (C=O) groups is 2. The lowest BCUT2D eigenvalue weighted by Crippen LogP contribution is -2.44. The topological polar surface area (TPSA) is 117 Å². The fraction of sp³-hybridized carbons (Fsp3) is 0.417. The Labute approximate surface area is 201 Å². The fourth-order valence-corrected chi connectivity index (χ4v) is 3.83. The van der Waals surface area contributed by atoms with Gasteiger partial charge in [-0.25, -0.2) is 14.0 Å². The van der Waals surface area contributed by atoms with Gasteiger partial charge in [0, 0.05) is 12.6 Å². The third-order valence-electron chi connectivity index (χ3n) is 5.51. The first-order valence-electron chi connectivity index (χ1n) is 10.9. The number of rotatable bonds is 8. The van der Waals surface area contributed by atoms with Crippen molar-refractivity contribution in [2.75, 3.05) is 27.4 Å². The summed E-state index contributed by atoms with van der Waals surface area (Å²) in [7, 11) is 2.46. The molecule has 0 N–H and O–H groups in total. The second-order valence-corrected chi connectivity index (χ2v) is 8.32. The van der Waals surface area contributed by atoms with Gasteiger partial charge in [-0.3, -0.25) is 15.0 Å². The van der Waals surface area contributed by atoms with Crippen LogP contribution >= 0.6 is 0 Å². The number of methoxy groups -OCH3 is 2. The Morgan fingerprint density at radius 1 is 1.23 bits per heavy atom. The van der Waals surface area contributed by atoms with E-state index in [9.17, 15) is 24.1 Å². The lowest BCUT2D eigenvalue weighted by Gasteiger charge is -2.35. The average Bonchev–Trinajstić information content (AvgIpc) is 2.84. The number of esters is 1. The molecular weight excluding hydrogens is 463 g/mol. The van der Waals surface area contributed by atoms with Gasteiger partial charge in [-0.05, 0) is 41.7 Å². The van der Waals surface area contributed by atoms with Crippen molar-refractivity contribution in [2.45, 2.75) is 32.9 Å². The van der Waals surface area contributed by atoms with E-state index < -0.39 is 28.8 Å². The Hall–Kier alpha value is -3.89. The van der Waals surface area contributed by atoms with Gasteiger partial charge in [-0.2, -0.15) is 0 Å². The molecule has 1 aliphatic heterocycles. The average molecular weight is 490 g/mol. The summed E-state index contributed by atoms with van der Waals surface area (Å²) < 4.78 is 35.4. The van der Waals surface area contributed by atoms with Gasteiger partial charge < -0.3 is 18.9 Å². The Kier molecular flexibility index (Phi) is 8.10. The summed E-state index contributed by atoms with van der Waals surface area (Å²) in [6.07, 6.45) is -0.181. The Morgan fingerprint density at radius 2 is 1.97 bits per heavy atom. The summed E-state index contributed by atoms with van der Waals surface area (Å²) in [6, 6.07) is 5.92. The number of nitrogens with zero attached hydrogens (tertiary/aromatic N) is 2. The van der Waals surface area contributed by atoms with Gasteiger partial charge in [0.15, 0.2) is 6.04 Å². The van der Waals surface area contributed by atoms with Gasteiger partial charge >= 0.3 is 17.7 Å². The SMILES string of the molecule is COC(=O)C1c2ccc(OCc3c(F)ccc([N+](=O)[O-])c3OC)cc2CCN1C(=O)OCC(C)C. The van der Waals surface area contributed by atoms with Crippen LogP contribution in [0.3, 0.4) is 0 Å². The maximum absolute atomic E-state index is 14.4.